The standard InChI is InChI=1S/C16H15N5O2S/c1-2-23-13-5-3-4-12(14(13)22)10-18-21-15(19-20-16(21)24)11-6-8-17-9-7-11/h3-10,22H,2H2,1H3,(H,20,24)/b18-10+. The van der Waals surface area contributed by atoms with Gasteiger partial charge in [0.1, 0.15) is 0 Å². The van der Waals surface area contributed by atoms with Crippen molar-refractivity contribution in [2.45, 2.75) is 6.92 Å². The van der Waals surface area contributed by atoms with Crippen LogP contribution in [0.25, 0.3) is 11.4 Å². The minimum Gasteiger partial charge on any atom is -0.504 e. The van der Waals surface area contributed by atoms with E-state index in [-0.39, 0.29) is 5.75 Å². The van der Waals surface area contributed by atoms with E-state index in [1.54, 1.807) is 30.6 Å². The number of hydrogen-bond acceptors (Lipinski definition) is 6. The average molecular weight is 341 g/mol. The Morgan fingerprint density at radius 1 is 1.33 bits per heavy atom. The molecule has 0 amide bonds. The van der Waals surface area contributed by atoms with Gasteiger partial charge in [0, 0.05) is 23.5 Å². The number of aromatic amines is 1. The molecule has 8 heteroatoms. The Kier molecular flexibility index (Phi) is 4.66. The first-order valence-electron chi connectivity index (χ1n) is 7.27. The number of H-pyrrole nitrogens is 1. The predicted octanol–water partition coefficient (Wildman–Crippen LogP) is 2.99. The van der Waals surface area contributed by atoms with Crippen molar-refractivity contribution in [3.8, 4) is 22.9 Å². The topological polar surface area (TPSA) is 88.3 Å². The van der Waals surface area contributed by atoms with E-state index in [2.05, 4.69) is 20.3 Å². The zero-order valence-corrected chi connectivity index (χ0v) is 13.7. The van der Waals surface area contributed by atoms with E-state index in [4.69, 9.17) is 17.0 Å². The summed E-state index contributed by atoms with van der Waals surface area (Å²) in [7, 11) is 0. The van der Waals surface area contributed by atoms with Crippen LogP contribution in [0.2, 0.25) is 0 Å². The molecule has 24 heavy (non-hydrogen) atoms. The van der Waals surface area contributed by atoms with Crippen LogP contribution >= 0.6 is 12.2 Å². The lowest BCUT2D eigenvalue weighted by atomic mass is 10.2. The lowest BCUT2D eigenvalue weighted by molar-refractivity contribution is 0.318. The minimum atomic E-state index is 0.0311. The number of para-hydroxylation sites is 1. The Balaban J connectivity index is 1.98. The molecule has 2 N–H and O–H groups in total. The summed E-state index contributed by atoms with van der Waals surface area (Å²) in [5, 5.41) is 21.5. The molecular formula is C16H15N5O2S. The van der Waals surface area contributed by atoms with Gasteiger partial charge in [-0.1, -0.05) is 6.07 Å². The second-order valence-electron chi connectivity index (χ2n) is 4.77. The van der Waals surface area contributed by atoms with E-state index in [1.807, 2.05) is 19.1 Å². The SMILES string of the molecule is CCOc1cccc(/C=N/n2c(-c3ccncc3)n[nH]c2=S)c1O. The molecule has 3 aromatic rings. The van der Waals surface area contributed by atoms with Gasteiger partial charge in [0.15, 0.2) is 17.3 Å². The summed E-state index contributed by atoms with van der Waals surface area (Å²) in [6.07, 6.45) is 4.84. The summed E-state index contributed by atoms with van der Waals surface area (Å²) in [6.45, 7) is 2.32. The highest BCUT2D eigenvalue weighted by atomic mass is 32.1. The third kappa shape index (κ3) is 3.18. The second-order valence-corrected chi connectivity index (χ2v) is 5.16. The van der Waals surface area contributed by atoms with E-state index >= 15 is 0 Å². The fourth-order valence-electron chi connectivity index (χ4n) is 2.12. The van der Waals surface area contributed by atoms with Crippen molar-refractivity contribution in [1.29, 1.82) is 0 Å². The summed E-state index contributed by atoms with van der Waals surface area (Å²) >= 11 is 5.22. The quantitative estimate of drug-likeness (QED) is 0.550. The summed E-state index contributed by atoms with van der Waals surface area (Å²) in [6, 6.07) is 8.83. The minimum absolute atomic E-state index is 0.0311. The van der Waals surface area contributed by atoms with Crippen LogP contribution in [0.1, 0.15) is 12.5 Å². The molecule has 0 atom stereocenters. The number of benzene rings is 1. The monoisotopic (exact) mass is 341 g/mol. The normalized spacial score (nSPS) is 11.0. The van der Waals surface area contributed by atoms with Crippen LogP contribution in [0.5, 0.6) is 11.5 Å². The van der Waals surface area contributed by atoms with Crippen LogP contribution in [-0.2, 0) is 0 Å². The third-order valence-electron chi connectivity index (χ3n) is 3.23. The molecule has 122 valence electrons. The number of ether oxygens (including phenoxy) is 1. The van der Waals surface area contributed by atoms with Crippen molar-refractivity contribution in [3.05, 3.63) is 53.1 Å². The van der Waals surface area contributed by atoms with Gasteiger partial charge < -0.3 is 9.84 Å². The molecule has 7 nitrogen and oxygen atoms in total. The number of rotatable bonds is 5. The first kappa shape index (κ1) is 15.9. The summed E-state index contributed by atoms with van der Waals surface area (Å²) in [5.74, 6) is 0.995. The molecule has 0 fully saturated rings. The van der Waals surface area contributed by atoms with Crippen LogP contribution in [0.15, 0.2) is 47.8 Å². The van der Waals surface area contributed by atoms with E-state index in [1.165, 1.54) is 10.9 Å². The van der Waals surface area contributed by atoms with Crippen LogP contribution in [0.4, 0.5) is 0 Å². The number of phenols is 1. The number of aromatic hydroxyl groups is 1. The third-order valence-corrected chi connectivity index (χ3v) is 3.50. The summed E-state index contributed by atoms with van der Waals surface area (Å²) < 4.78 is 7.20. The zero-order valence-electron chi connectivity index (χ0n) is 12.9. The van der Waals surface area contributed by atoms with Crippen molar-refractivity contribution in [2.24, 2.45) is 5.10 Å². The van der Waals surface area contributed by atoms with Crippen molar-refractivity contribution in [1.82, 2.24) is 19.9 Å². The zero-order chi connectivity index (χ0) is 16.9. The van der Waals surface area contributed by atoms with E-state index in [0.29, 0.717) is 28.5 Å². The highest BCUT2D eigenvalue weighted by molar-refractivity contribution is 7.71. The number of phenolic OH excluding ortho intramolecular Hbond substituents is 1. The molecule has 0 aliphatic heterocycles. The van der Waals surface area contributed by atoms with Crippen molar-refractivity contribution in [2.75, 3.05) is 6.61 Å². The number of aromatic nitrogens is 4. The van der Waals surface area contributed by atoms with Gasteiger partial charge in [-0.2, -0.15) is 14.9 Å². The molecule has 0 radical (unpaired) electrons. The molecule has 1 aromatic carbocycles. The maximum atomic E-state index is 10.2. The smallest absolute Gasteiger partial charge is 0.216 e. The highest BCUT2D eigenvalue weighted by Crippen LogP contribution is 2.28. The number of nitrogens with one attached hydrogen (secondary N) is 1. The summed E-state index contributed by atoms with van der Waals surface area (Å²) in [4.78, 5) is 3.98. The molecule has 0 spiro atoms. The summed E-state index contributed by atoms with van der Waals surface area (Å²) in [5.41, 5.74) is 1.34. The number of nitrogens with zero attached hydrogens (tertiary/aromatic N) is 4. The van der Waals surface area contributed by atoms with Crippen LogP contribution < -0.4 is 4.74 Å². The molecule has 0 bridgehead atoms. The van der Waals surface area contributed by atoms with Crippen molar-refractivity contribution >= 4 is 18.4 Å². The molecule has 0 aliphatic rings. The van der Waals surface area contributed by atoms with Gasteiger partial charge in [0.2, 0.25) is 4.77 Å². The Labute approximate surface area is 143 Å². The Hall–Kier alpha value is -3.00. The Morgan fingerprint density at radius 2 is 2.12 bits per heavy atom. The van der Waals surface area contributed by atoms with Gasteiger partial charge in [0.25, 0.3) is 0 Å². The molecule has 0 unspecified atom stereocenters. The first-order chi connectivity index (χ1) is 11.7. The highest BCUT2D eigenvalue weighted by Gasteiger charge is 2.09. The molecule has 0 aliphatic carbocycles. The average Bonchev–Trinajstić information content (AvgIpc) is 2.97. The predicted molar refractivity (Wildman–Crippen MR) is 92.9 cm³/mol. The maximum Gasteiger partial charge on any atom is 0.216 e. The van der Waals surface area contributed by atoms with Gasteiger partial charge in [-0.25, -0.2) is 5.10 Å². The van der Waals surface area contributed by atoms with Crippen LogP contribution in [0, 0.1) is 4.77 Å². The fraction of sp³-hybridized carbons (Fsp3) is 0.125. The van der Waals surface area contributed by atoms with Gasteiger partial charge in [-0.05, 0) is 43.4 Å². The number of pyridine rings is 1. The molecule has 2 aromatic heterocycles. The van der Waals surface area contributed by atoms with Gasteiger partial charge >= 0.3 is 0 Å². The van der Waals surface area contributed by atoms with Crippen molar-refractivity contribution < 1.29 is 9.84 Å². The van der Waals surface area contributed by atoms with Crippen LogP contribution in [0.3, 0.4) is 0 Å². The Morgan fingerprint density at radius 3 is 2.88 bits per heavy atom. The maximum absolute atomic E-state index is 10.2. The first-order valence-corrected chi connectivity index (χ1v) is 7.68. The van der Waals surface area contributed by atoms with E-state index in [0.717, 1.165) is 5.56 Å². The van der Waals surface area contributed by atoms with Gasteiger partial charge in [-0.3, -0.25) is 4.98 Å². The largest absolute Gasteiger partial charge is 0.504 e. The molecule has 0 saturated carbocycles. The van der Waals surface area contributed by atoms with Crippen molar-refractivity contribution in [3.63, 3.8) is 0 Å². The number of hydrogen-bond donors (Lipinski definition) is 2. The van der Waals surface area contributed by atoms with Gasteiger partial charge in [0.05, 0.1) is 12.8 Å². The van der Waals surface area contributed by atoms with Gasteiger partial charge in [-0.15, -0.1) is 0 Å². The molecule has 2 heterocycles. The fourth-order valence-corrected chi connectivity index (χ4v) is 2.30. The Bertz CT molecular complexity index is 918. The second kappa shape index (κ2) is 7.05. The van der Waals surface area contributed by atoms with Crippen LogP contribution in [-0.4, -0.2) is 37.8 Å². The molecular weight excluding hydrogens is 326 g/mol. The molecule has 3 rings (SSSR count). The van der Waals surface area contributed by atoms with E-state index in [9.17, 15) is 5.11 Å². The molecule has 0 saturated heterocycles. The lowest BCUT2D eigenvalue weighted by Crippen LogP contribution is -1.97. The lowest BCUT2D eigenvalue weighted by Gasteiger charge is -2.07. The van der Waals surface area contributed by atoms with E-state index < -0.39 is 0 Å².